The Bertz CT molecular complexity index is 855. The Kier molecular flexibility index (Phi) is 3.02. The van der Waals surface area contributed by atoms with Crippen molar-refractivity contribution in [3.8, 4) is 0 Å². The van der Waals surface area contributed by atoms with Gasteiger partial charge in [-0.15, -0.1) is 0 Å². The first-order chi connectivity index (χ1) is 11.3. The van der Waals surface area contributed by atoms with Crippen molar-refractivity contribution in [2.24, 2.45) is 22.5 Å². The van der Waals surface area contributed by atoms with E-state index in [0.29, 0.717) is 18.7 Å². The molecule has 2 N–H and O–H groups in total. The standard InChI is InChI=1S/C19H21N3O2/c1-18(2)10-19(17(20)24)11-22(9-15(18)19)16(23)13-5-3-4-12-6-7-21-8-14(12)13/h3-8,15H,9-11H2,1-2H3,(H2,20,24)/t15-,19+/m1/s1. The van der Waals surface area contributed by atoms with Crippen molar-refractivity contribution in [2.45, 2.75) is 20.3 Å². The van der Waals surface area contributed by atoms with Crippen molar-refractivity contribution < 1.29 is 9.59 Å². The summed E-state index contributed by atoms with van der Waals surface area (Å²) in [5.74, 6) is -0.180. The fourth-order valence-corrected chi connectivity index (χ4v) is 4.85. The van der Waals surface area contributed by atoms with E-state index in [9.17, 15) is 9.59 Å². The van der Waals surface area contributed by atoms with Crippen LogP contribution in [0.15, 0.2) is 36.7 Å². The van der Waals surface area contributed by atoms with E-state index < -0.39 is 5.41 Å². The van der Waals surface area contributed by atoms with Gasteiger partial charge in [-0.05, 0) is 35.3 Å². The molecule has 4 rings (SSSR count). The second kappa shape index (κ2) is 4.79. The second-order valence-corrected chi connectivity index (χ2v) is 7.83. The van der Waals surface area contributed by atoms with E-state index >= 15 is 0 Å². The average Bonchev–Trinajstić information content (AvgIpc) is 2.90. The van der Waals surface area contributed by atoms with Crippen molar-refractivity contribution in [3.63, 3.8) is 0 Å². The third kappa shape index (κ3) is 1.90. The molecule has 2 aliphatic rings. The van der Waals surface area contributed by atoms with E-state index in [1.54, 1.807) is 17.3 Å². The molecule has 2 amide bonds. The highest BCUT2D eigenvalue weighted by Gasteiger charge is 2.66. The Hall–Kier alpha value is -2.43. The predicted octanol–water partition coefficient (Wildman–Crippen LogP) is 2.21. The molecule has 1 saturated heterocycles. The van der Waals surface area contributed by atoms with Crippen LogP contribution in [0.1, 0.15) is 30.6 Å². The minimum Gasteiger partial charge on any atom is -0.369 e. The van der Waals surface area contributed by atoms with Gasteiger partial charge in [-0.2, -0.15) is 0 Å². The third-order valence-corrected chi connectivity index (χ3v) is 5.95. The smallest absolute Gasteiger partial charge is 0.254 e. The van der Waals surface area contributed by atoms with E-state index in [-0.39, 0.29) is 23.1 Å². The van der Waals surface area contributed by atoms with Crippen molar-refractivity contribution >= 4 is 22.6 Å². The number of carbonyl (C=O) groups is 2. The number of aromatic nitrogens is 1. The van der Waals surface area contributed by atoms with Crippen molar-refractivity contribution in [3.05, 3.63) is 42.2 Å². The van der Waals surface area contributed by atoms with Gasteiger partial charge in [0.05, 0.1) is 5.41 Å². The second-order valence-electron chi connectivity index (χ2n) is 7.83. The number of fused-ring (bicyclic) bond motifs is 2. The summed E-state index contributed by atoms with van der Waals surface area (Å²) in [4.78, 5) is 31.1. The quantitative estimate of drug-likeness (QED) is 0.920. The zero-order valence-corrected chi connectivity index (χ0v) is 14.0. The number of nitrogens with two attached hydrogens (primary N) is 1. The number of pyridine rings is 1. The number of benzene rings is 1. The summed E-state index contributed by atoms with van der Waals surface area (Å²) in [5, 5.41) is 1.83. The number of primary amides is 1. The Morgan fingerprint density at radius 3 is 2.75 bits per heavy atom. The van der Waals surface area contributed by atoms with Crippen LogP contribution in [0.25, 0.3) is 10.8 Å². The molecule has 5 nitrogen and oxygen atoms in total. The Morgan fingerprint density at radius 1 is 1.29 bits per heavy atom. The van der Waals surface area contributed by atoms with E-state index in [0.717, 1.165) is 17.2 Å². The highest BCUT2D eigenvalue weighted by Crippen LogP contribution is 2.62. The van der Waals surface area contributed by atoms with Crippen LogP contribution >= 0.6 is 0 Å². The molecule has 2 fully saturated rings. The van der Waals surface area contributed by atoms with Gasteiger partial charge >= 0.3 is 0 Å². The number of nitrogens with zero attached hydrogens (tertiary/aromatic N) is 2. The van der Waals surface area contributed by atoms with Gasteiger partial charge in [-0.25, -0.2) is 0 Å². The molecular weight excluding hydrogens is 302 g/mol. The first-order valence-corrected chi connectivity index (χ1v) is 8.27. The van der Waals surface area contributed by atoms with Gasteiger partial charge in [0.1, 0.15) is 0 Å². The van der Waals surface area contributed by atoms with Crippen molar-refractivity contribution in [1.29, 1.82) is 0 Å². The molecular formula is C19H21N3O2. The van der Waals surface area contributed by atoms with Crippen LogP contribution in [0.4, 0.5) is 0 Å². The van der Waals surface area contributed by atoms with Gasteiger partial charge in [0.2, 0.25) is 5.91 Å². The zero-order valence-electron chi connectivity index (χ0n) is 14.0. The fraction of sp³-hybridized carbons (Fsp3) is 0.421. The van der Waals surface area contributed by atoms with Gasteiger partial charge < -0.3 is 10.6 Å². The third-order valence-electron chi connectivity index (χ3n) is 5.95. The summed E-state index contributed by atoms with van der Waals surface area (Å²) in [6, 6.07) is 7.58. The molecule has 0 radical (unpaired) electrons. The molecule has 1 aliphatic heterocycles. The average molecular weight is 323 g/mol. The summed E-state index contributed by atoms with van der Waals surface area (Å²) >= 11 is 0. The molecule has 1 aromatic carbocycles. The van der Waals surface area contributed by atoms with E-state index in [2.05, 4.69) is 18.8 Å². The van der Waals surface area contributed by atoms with Crippen LogP contribution in [0.2, 0.25) is 0 Å². The van der Waals surface area contributed by atoms with Crippen molar-refractivity contribution in [1.82, 2.24) is 9.88 Å². The van der Waals surface area contributed by atoms with Crippen LogP contribution < -0.4 is 5.73 Å². The number of rotatable bonds is 2. The molecule has 2 heterocycles. The number of hydrogen-bond acceptors (Lipinski definition) is 3. The Morgan fingerprint density at radius 2 is 2.08 bits per heavy atom. The molecule has 0 spiro atoms. The summed E-state index contributed by atoms with van der Waals surface area (Å²) in [6.07, 6.45) is 4.19. The van der Waals surface area contributed by atoms with Gasteiger partial charge in [-0.3, -0.25) is 14.6 Å². The number of hydrogen-bond donors (Lipinski definition) is 1. The summed E-state index contributed by atoms with van der Waals surface area (Å²) in [6.45, 7) is 5.31. The summed E-state index contributed by atoms with van der Waals surface area (Å²) in [7, 11) is 0. The van der Waals surface area contributed by atoms with E-state index in [1.165, 1.54) is 0 Å². The predicted molar refractivity (Wildman–Crippen MR) is 91.2 cm³/mol. The van der Waals surface area contributed by atoms with Crippen LogP contribution in [-0.2, 0) is 4.79 Å². The topological polar surface area (TPSA) is 76.3 Å². The van der Waals surface area contributed by atoms with Crippen LogP contribution in [-0.4, -0.2) is 34.8 Å². The molecule has 0 unspecified atom stereocenters. The Balaban J connectivity index is 1.70. The Labute approximate surface area is 140 Å². The van der Waals surface area contributed by atoms with Crippen molar-refractivity contribution in [2.75, 3.05) is 13.1 Å². The largest absolute Gasteiger partial charge is 0.369 e. The highest BCUT2D eigenvalue weighted by molar-refractivity contribution is 6.07. The molecule has 24 heavy (non-hydrogen) atoms. The van der Waals surface area contributed by atoms with E-state index in [1.807, 2.05) is 24.3 Å². The number of carbonyl (C=O) groups excluding carboxylic acids is 2. The first kappa shape index (κ1) is 15.1. The molecule has 124 valence electrons. The summed E-state index contributed by atoms with van der Waals surface area (Å²) < 4.78 is 0. The zero-order chi connectivity index (χ0) is 17.1. The van der Waals surface area contributed by atoms with Crippen LogP contribution in [0.3, 0.4) is 0 Å². The maximum absolute atomic E-state index is 13.1. The molecule has 0 bridgehead atoms. The number of likely N-dealkylation sites (tertiary alicyclic amines) is 1. The van der Waals surface area contributed by atoms with Crippen LogP contribution in [0.5, 0.6) is 0 Å². The minimum absolute atomic E-state index is 0.0422. The maximum atomic E-state index is 13.1. The molecule has 2 aromatic rings. The van der Waals surface area contributed by atoms with Gasteiger partial charge in [0.25, 0.3) is 5.91 Å². The minimum atomic E-state index is -0.554. The first-order valence-electron chi connectivity index (χ1n) is 8.27. The SMILES string of the molecule is CC1(C)C[C@]2(C(N)=O)CN(C(=O)c3cccc4ccncc34)C[C@H]12. The fourth-order valence-electron chi connectivity index (χ4n) is 4.85. The molecule has 1 saturated carbocycles. The summed E-state index contributed by atoms with van der Waals surface area (Å²) in [5.41, 5.74) is 5.83. The lowest BCUT2D eigenvalue weighted by atomic mass is 9.48. The highest BCUT2D eigenvalue weighted by atomic mass is 16.2. The lowest BCUT2D eigenvalue weighted by Gasteiger charge is -2.54. The van der Waals surface area contributed by atoms with E-state index in [4.69, 9.17) is 5.73 Å². The normalized spacial score (nSPS) is 27.6. The number of amides is 2. The maximum Gasteiger partial charge on any atom is 0.254 e. The molecule has 5 heteroatoms. The monoisotopic (exact) mass is 323 g/mol. The lowest BCUT2D eigenvalue weighted by molar-refractivity contribution is -0.148. The molecule has 2 atom stereocenters. The van der Waals surface area contributed by atoms with Gasteiger partial charge in [0, 0.05) is 36.4 Å². The molecule has 1 aromatic heterocycles. The molecule has 1 aliphatic carbocycles. The van der Waals surface area contributed by atoms with Gasteiger partial charge in [0.15, 0.2) is 0 Å². The lowest BCUT2D eigenvalue weighted by Crippen LogP contribution is -2.59. The van der Waals surface area contributed by atoms with Gasteiger partial charge in [-0.1, -0.05) is 26.0 Å². The van der Waals surface area contributed by atoms with Crippen LogP contribution in [0, 0.1) is 16.7 Å².